The molecule has 0 saturated carbocycles. The molecule has 2 aromatic rings. The van der Waals surface area contributed by atoms with E-state index in [1.54, 1.807) is 18.5 Å². The molecule has 2 N–H and O–H groups in total. The van der Waals surface area contributed by atoms with E-state index in [2.05, 4.69) is 10.4 Å². The van der Waals surface area contributed by atoms with Crippen LogP contribution in [0.5, 0.6) is 0 Å². The number of hydrogen-bond acceptors (Lipinski definition) is 4. The first-order valence-electron chi connectivity index (χ1n) is 5.24. The molecule has 0 saturated heterocycles. The van der Waals surface area contributed by atoms with Crippen molar-refractivity contribution in [2.24, 2.45) is 7.05 Å². The minimum absolute atomic E-state index is 0.289. The van der Waals surface area contributed by atoms with Crippen LogP contribution in [-0.2, 0) is 11.8 Å². The lowest BCUT2D eigenvalue weighted by atomic mass is 10.1. The third-order valence-electron chi connectivity index (χ3n) is 2.40. The third-order valence-corrected chi connectivity index (χ3v) is 3.74. The molecule has 19 heavy (non-hydrogen) atoms. The molecule has 2 rings (SSSR count). The first kappa shape index (κ1) is 13.6. The summed E-state index contributed by atoms with van der Waals surface area (Å²) in [5, 5.41) is 17.4. The van der Waals surface area contributed by atoms with Crippen molar-refractivity contribution in [2.75, 3.05) is 0 Å². The fourth-order valence-corrected chi connectivity index (χ4v) is 2.57. The number of aryl methyl sites for hydroxylation is 1. The van der Waals surface area contributed by atoms with Gasteiger partial charge in [0.15, 0.2) is 6.04 Å². The maximum Gasteiger partial charge on any atom is 0.331 e. The van der Waals surface area contributed by atoms with Gasteiger partial charge in [-0.1, -0.05) is 11.6 Å². The van der Waals surface area contributed by atoms with Crippen LogP contribution in [-0.4, -0.2) is 26.8 Å². The first-order chi connectivity index (χ1) is 8.99. The molecule has 0 aliphatic carbocycles. The van der Waals surface area contributed by atoms with E-state index in [4.69, 9.17) is 11.6 Å². The zero-order valence-corrected chi connectivity index (χ0v) is 11.4. The number of aliphatic carboxylic acids is 1. The first-order valence-corrected chi connectivity index (χ1v) is 6.50. The lowest BCUT2D eigenvalue weighted by Gasteiger charge is -2.12. The van der Waals surface area contributed by atoms with Gasteiger partial charge in [0.05, 0.1) is 11.2 Å². The van der Waals surface area contributed by atoms with Crippen LogP contribution >= 0.6 is 22.9 Å². The highest BCUT2D eigenvalue weighted by atomic mass is 35.5. The largest absolute Gasteiger partial charge is 0.479 e. The van der Waals surface area contributed by atoms with Gasteiger partial charge in [0.1, 0.15) is 4.88 Å². The second kappa shape index (κ2) is 5.41. The molecule has 1 unspecified atom stereocenters. The Hall–Kier alpha value is -1.86. The molecule has 2 heterocycles. The Kier molecular flexibility index (Phi) is 3.87. The number of carboxylic acid groups (broad SMARTS) is 1. The standard InChI is InChI=1S/C11H10ClN3O3S/c1-15-5-6(4-13-15)8(11(17)18)14-10(16)9-7(12)2-3-19-9/h2-5,8H,1H3,(H,14,16)(H,17,18). The average molecular weight is 300 g/mol. The van der Waals surface area contributed by atoms with Crippen molar-refractivity contribution in [3.63, 3.8) is 0 Å². The molecule has 0 fully saturated rings. The molecule has 0 spiro atoms. The Bertz CT molecular complexity index is 622. The number of hydrogen-bond donors (Lipinski definition) is 2. The van der Waals surface area contributed by atoms with Crippen LogP contribution in [0.4, 0.5) is 0 Å². The number of carboxylic acids is 1. The summed E-state index contributed by atoms with van der Waals surface area (Å²) in [4.78, 5) is 23.5. The normalized spacial score (nSPS) is 12.1. The van der Waals surface area contributed by atoms with Crippen LogP contribution in [0.25, 0.3) is 0 Å². The molecule has 1 amide bonds. The number of thiophene rings is 1. The monoisotopic (exact) mass is 299 g/mol. The summed E-state index contributed by atoms with van der Waals surface area (Å²) in [5.74, 6) is -1.68. The molecule has 1 atom stereocenters. The third kappa shape index (κ3) is 2.94. The summed E-state index contributed by atoms with van der Waals surface area (Å²) in [7, 11) is 1.67. The Morgan fingerprint density at radius 1 is 1.58 bits per heavy atom. The summed E-state index contributed by atoms with van der Waals surface area (Å²) in [6.07, 6.45) is 2.93. The molecule has 0 radical (unpaired) electrons. The Labute approximate surface area is 117 Å². The van der Waals surface area contributed by atoms with Gasteiger partial charge in [-0.05, 0) is 11.4 Å². The van der Waals surface area contributed by atoms with Gasteiger partial charge >= 0.3 is 5.97 Å². The van der Waals surface area contributed by atoms with E-state index in [9.17, 15) is 14.7 Å². The summed E-state index contributed by atoms with van der Waals surface area (Å²) >= 11 is 6.99. The minimum Gasteiger partial charge on any atom is -0.479 e. The van der Waals surface area contributed by atoms with Crippen LogP contribution in [0.2, 0.25) is 5.02 Å². The van der Waals surface area contributed by atoms with Crippen LogP contribution in [0, 0.1) is 0 Å². The van der Waals surface area contributed by atoms with Crippen molar-refractivity contribution in [1.82, 2.24) is 15.1 Å². The van der Waals surface area contributed by atoms with E-state index >= 15 is 0 Å². The number of nitrogens with zero attached hydrogens (tertiary/aromatic N) is 2. The van der Waals surface area contributed by atoms with Gasteiger partial charge in [0, 0.05) is 18.8 Å². The predicted octanol–water partition coefficient (Wildman–Crippen LogP) is 1.69. The Morgan fingerprint density at radius 2 is 2.32 bits per heavy atom. The van der Waals surface area contributed by atoms with E-state index in [-0.39, 0.29) is 4.88 Å². The number of carbonyl (C=O) groups is 2. The fraction of sp³-hybridized carbons (Fsp3) is 0.182. The van der Waals surface area contributed by atoms with Crippen molar-refractivity contribution in [2.45, 2.75) is 6.04 Å². The van der Waals surface area contributed by atoms with Gasteiger partial charge in [0.2, 0.25) is 0 Å². The summed E-state index contributed by atoms with van der Waals surface area (Å²) in [6.45, 7) is 0. The van der Waals surface area contributed by atoms with Crippen molar-refractivity contribution >= 4 is 34.8 Å². The van der Waals surface area contributed by atoms with Crippen molar-refractivity contribution < 1.29 is 14.7 Å². The number of amides is 1. The second-order valence-corrected chi connectivity index (χ2v) is 5.11. The zero-order chi connectivity index (χ0) is 14.0. The van der Waals surface area contributed by atoms with E-state index in [0.29, 0.717) is 10.6 Å². The average Bonchev–Trinajstić information content (AvgIpc) is 2.94. The maximum absolute atomic E-state index is 11.9. The predicted molar refractivity (Wildman–Crippen MR) is 70.4 cm³/mol. The van der Waals surface area contributed by atoms with Crippen molar-refractivity contribution in [1.29, 1.82) is 0 Å². The molecule has 0 aliphatic heterocycles. The molecule has 8 heteroatoms. The highest BCUT2D eigenvalue weighted by molar-refractivity contribution is 7.12. The van der Waals surface area contributed by atoms with Gasteiger partial charge in [-0.15, -0.1) is 11.3 Å². The minimum atomic E-state index is -1.16. The molecule has 100 valence electrons. The quantitative estimate of drug-likeness (QED) is 0.900. The fourth-order valence-electron chi connectivity index (χ4n) is 1.53. The van der Waals surface area contributed by atoms with E-state index in [1.165, 1.54) is 17.1 Å². The molecule has 0 bridgehead atoms. The van der Waals surface area contributed by atoms with Gasteiger partial charge in [-0.2, -0.15) is 5.10 Å². The van der Waals surface area contributed by atoms with E-state index in [1.807, 2.05) is 0 Å². The number of aromatic nitrogens is 2. The molecular weight excluding hydrogens is 290 g/mol. The number of nitrogens with one attached hydrogen (secondary N) is 1. The summed E-state index contributed by atoms with van der Waals surface area (Å²) in [5.41, 5.74) is 0.399. The lowest BCUT2D eigenvalue weighted by Crippen LogP contribution is -2.33. The van der Waals surface area contributed by atoms with E-state index in [0.717, 1.165) is 11.3 Å². The van der Waals surface area contributed by atoms with E-state index < -0.39 is 17.9 Å². The van der Waals surface area contributed by atoms with Crippen LogP contribution in [0.15, 0.2) is 23.8 Å². The Balaban J connectivity index is 2.21. The number of halogens is 1. The molecule has 6 nitrogen and oxygen atoms in total. The second-order valence-electron chi connectivity index (χ2n) is 3.79. The topological polar surface area (TPSA) is 84.2 Å². The maximum atomic E-state index is 11.9. The van der Waals surface area contributed by atoms with Crippen LogP contribution in [0.1, 0.15) is 21.3 Å². The molecule has 2 aromatic heterocycles. The molecule has 0 aromatic carbocycles. The number of carbonyl (C=O) groups excluding carboxylic acids is 1. The highest BCUT2D eigenvalue weighted by Gasteiger charge is 2.25. The van der Waals surface area contributed by atoms with Gasteiger partial charge in [-0.25, -0.2) is 4.79 Å². The van der Waals surface area contributed by atoms with Crippen molar-refractivity contribution in [3.8, 4) is 0 Å². The Morgan fingerprint density at radius 3 is 2.79 bits per heavy atom. The van der Waals surface area contributed by atoms with Gasteiger partial charge in [-0.3, -0.25) is 9.48 Å². The SMILES string of the molecule is Cn1cc(C(NC(=O)c2sccc2Cl)C(=O)O)cn1. The van der Waals surface area contributed by atoms with Crippen LogP contribution < -0.4 is 5.32 Å². The summed E-state index contributed by atoms with van der Waals surface area (Å²) < 4.78 is 1.47. The summed E-state index contributed by atoms with van der Waals surface area (Å²) in [6, 6.07) is 0.431. The van der Waals surface area contributed by atoms with Gasteiger partial charge in [0.25, 0.3) is 5.91 Å². The lowest BCUT2D eigenvalue weighted by molar-refractivity contribution is -0.139. The number of rotatable bonds is 4. The zero-order valence-electron chi connectivity index (χ0n) is 9.83. The molecular formula is C11H10ClN3O3S. The smallest absolute Gasteiger partial charge is 0.331 e. The molecule has 0 aliphatic rings. The highest BCUT2D eigenvalue weighted by Crippen LogP contribution is 2.23. The van der Waals surface area contributed by atoms with Crippen LogP contribution in [0.3, 0.4) is 0 Å². The van der Waals surface area contributed by atoms with Crippen molar-refractivity contribution in [3.05, 3.63) is 39.3 Å². The van der Waals surface area contributed by atoms with Gasteiger partial charge < -0.3 is 10.4 Å².